The van der Waals surface area contributed by atoms with Crippen LogP contribution in [-0.4, -0.2) is 6.61 Å². The number of halogens is 2. The first-order chi connectivity index (χ1) is 14.2. The van der Waals surface area contributed by atoms with Crippen LogP contribution in [0.2, 0.25) is 0 Å². The molecule has 0 aliphatic carbocycles. The maximum absolute atomic E-state index is 14.1. The fourth-order valence-electron chi connectivity index (χ4n) is 3.63. The molecule has 154 valence electrons. The van der Waals surface area contributed by atoms with Crippen molar-refractivity contribution in [1.82, 2.24) is 0 Å². The second-order valence-electron chi connectivity index (χ2n) is 7.65. The van der Waals surface area contributed by atoms with Crippen LogP contribution in [0.5, 0.6) is 5.75 Å². The van der Waals surface area contributed by atoms with E-state index in [-0.39, 0.29) is 5.56 Å². The van der Waals surface area contributed by atoms with E-state index in [2.05, 4.69) is 6.92 Å². The van der Waals surface area contributed by atoms with E-state index in [9.17, 15) is 8.78 Å². The van der Waals surface area contributed by atoms with Gasteiger partial charge in [0.05, 0.1) is 6.61 Å². The van der Waals surface area contributed by atoms with Crippen molar-refractivity contribution >= 4 is 10.8 Å². The molecule has 3 aromatic carbocycles. The molecule has 0 radical (unpaired) electrons. The molecule has 0 bridgehead atoms. The van der Waals surface area contributed by atoms with Crippen molar-refractivity contribution in [3.63, 3.8) is 0 Å². The van der Waals surface area contributed by atoms with Gasteiger partial charge in [-0.25, -0.2) is 8.78 Å². The number of rotatable bonds is 11. The van der Waals surface area contributed by atoms with Gasteiger partial charge < -0.3 is 4.74 Å². The minimum absolute atomic E-state index is 0.280. The third kappa shape index (κ3) is 6.03. The number of fused-ring (bicyclic) bond motifs is 1. The minimum atomic E-state index is -0.827. The Labute approximate surface area is 172 Å². The van der Waals surface area contributed by atoms with Gasteiger partial charge in [-0.1, -0.05) is 82.2 Å². The predicted octanol–water partition coefficient (Wildman–Crippen LogP) is 8.30. The summed E-state index contributed by atoms with van der Waals surface area (Å²) >= 11 is 0. The molecule has 0 unspecified atom stereocenters. The number of hydrogen-bond donors (Lipinski definition) is 0. The van der Waals surface area contributed by atoms with Crippen LogP contribution in [0.3, 0.4) is 0 Å². The third-order valence-corrected chi connectivity index (χ3v) is 5.34. The lowest BCUT2D eigenvalue weighted by molar-refractivity contribution is 0.304. The van der Waals surface area contributed by atoms with Crippen LogP contribution in [0.25, 0.3) is 21.9 Å². The lowest BCUT2D eigenvalue weighted by atomic mass is 10.0. The van der Waals surface area contributed by atoms with E-state index < -0.39 is 11.6 Å². The highest BCUT2D eigenvalue weighted by Crippen LogP contribution is 2.29. The van der Waals surface area contributed by atoms with Crippen molar-refractivity contribution in [3.05, 3.63) is 66.2 Å². The van der Waals surface area contributed by atoms with E-state index in [1.165, 1.54) is 51.0 Å². The fourth-order valence-corrected chi connectivity index (χ4v) is 3.63. The van der Waals surface area contributed by atoms with Gasteiger partial charge in [-0.2, -0.15) is 0 Å². The summed E-state index contributed by atoms with van der Waals surface area (Å²) in [5.74, 6) is -0.783. The Bertz CT molecular complexity index is 920. The van der Waals surface area contributed by atoms with Gasteiger partial charge in [0.2, 0.25) is 0 Å². The van der Waals surface area contributed by atoms with Crippen LogP contribution in [0.15, 0.2) is 54.6 Å². The molecule has 3 aromatic rings. The summed E-state index contributed by atoms with van der Waals surface area (Å²) in [4.78, 5) is 0. The number of hydrogen-bond acceptors (Lipinski definition) is 1. The molecular weight excluding hydrogens is 366 g/mol. The van der Waals surface area contributed by atoms with Crippen molar-refractivity contribution in [2.45, 2.75) is 58.3 Å². The first-order valence-electron chi connectivity index (χ1n) is 10.8. The van der Waals surface area contributed by atoms with Crippen LogP contribution in [0.1, 0.15) is 58.3 Å². The van der Waals surface area contributed by atoms with Crippen molar-refractivity contribution in [1.29, 1.82) is 0 Å². The summed E-state index contributed by atoms with van der Waals surface area (Å²) in [6.45, 7) is 2.97. The molecule has 0 spiro atoms. The lowest BCUT2D eigenvalue weighted by Gasteiger charge is -2.09. The SMILES string of the molecule is CCCCCCCCCCOc1ccc2cc(-c3cccc(F)c3F)ccc2c1. The van der Waals surface area contributed by atoms with Crippen LogP contribution in [-0.2, 0) is 0 Å². The Hall–Kier alpha value is -2.42. The summed E-state index contributed by atoms with van der Waals surface area (Å²) < 4.78 is 33.5. The highest BCUT2D eigenvalue weighted by atomic mass is 19.2. The van der Waals surface area contributed by atoms with Crippen LogP contribution in [0.4, 0.5) is 8.78 Å². The normalized spacial score (nSPS) is 11.1. The van der Waals surface area contributed by atoms with E-state index in [0.717, 1.165) is 35.6 Å². The zero-order valence-corrected chi connectivity index (χ0v) is 17.2. The third-order valence-electron chi connectivity index (χ3n) is 5.34. The second kappa shape index (κ2) is 10.9. The number of ether oxygens (including phenoxy) is 1. The summed E-state index contributed by atoms with van der Waals surface area (Å²) in [5.41, 5.74) is 0.948. The Balaban J connectivity index is 1.52. The molecular formula is C26H30F2O. The molecule has 0 aliphatic rings. The van der Waals surface area contributed by atoms with Crippen molar-refractivity contribution in [2.24, 2.45) is 0 Å². The molecule has 1 nitrogen and oxygen atoms in total. The van der Waals surface area contributed by atoms with Gasteiger partial charge in [0.15, 0.2) is 11.6 Å². The van der Waals surface area contributed by atoms with Gasteiger partial charge in [0.1, 0.15) is 5.75 Å². The van der Waals surface area contributed by atoms with Gasteiger partial charge in [-0.05, 0) is 47.0 Å². The van der Waals surface area contributed by atoms with Gasteiger partial charge in [0, 0.05) is 5.56 Å². The average Bonchev–Trinajstić information content (AvgIpc) is 2.74. The van der Waals surface area contributed by atoms with Crippen molar-refractivity contribution < 1.29 is 13.5 Å². The Morgan fingerprint density at radius 1 is 0.724 bits per heavy atom. The Morgan fingerprint density at radius 3 is 2.21 bits per heavy atom. The molecule has 3 rings (SSSR count). The van der Waals surface area contributed by atoms with Gasteiger partial charge in [0.25, 0.3) is 0 Å². The summed E-state index contributed by atoms with van der Waals surface area (Å²) in [6, 6.07) is 15.8. The quantitative estimate of drug-likeness (QED) is 0.296. The van der Waals surface area contributed by atoms with Crippen LogP contribution in [0, 0.1) is 11.6 Å². The van der Waals surface area contributed by atoms with Crippen molar-refractivity contribution in [2.75, 3.05) is 6.61 Å². The maximum Gasteiger partial charge on any atom is 0.166 e. The molecule has 0 aliphatic heterocycles. The maximum atomic E-state index is 14.1. The summed E-state index contributed by atoms with van der Waals surface area (Å²) in [6.07, 6.45) is 10.2. The summed E-state index contributed by atoms with van der Waals surface area (Å²) in [7, 11) is 0. The fraction of sp³-hybridized carbons (Fsp3) is 0.385. The summed E-state index contributed by atoms with van der Waals surface area (Å²) in [5, 5.41) is 2.00. The van der Waals surface area contributed by atoms with E-state index in [4.69, 9.17) is 4.74 Å². The molecule has 3 heteroatoms. The molecule has 0 fully saturated rings. The molecule has 0 atom stereocenters. The average molecular weight is 397 g/mol. The number of unbranched alkanes of at least 4 members (excludes halogenated alkanes) is 7. The Kier molecular flexibility index (Phi) is 8.03. The first kappa shape index (κ1) is 21.3. The van der Waals surface area contributed by atoms with Gasteiger partial charge >= 0.3 is 0 Å². The highest BCUT2D eigenvalue weighted by molar-refractivity contribution is 5.88. The largest absolute Gasteiger partial charge is 0.494 e. The van der Waals surface area contributed by atoms with Crippen LogP contribution < -0.4 is 4.74 Å². The minimum Gasteiger partial charge on any atom is -0.494 e. The molecule has 0 amide bonds. The standard InChI is InChI=1S/C26H30F2O/c1-2-3-4-5-6-7-8-9-17-29-23-16-15-20-18-22(14-13-21(20)19-23)24-11-10-12-25(27)26(24)28/h10-16,18-19H,2-9,17H2,1H3. The zero-order chi connectivity index (χ0) is 20.5. The monoisotopic (exact) mass is 396 g/mol. The smallest absolute Gasteiger partial charge is 0.166 e. The topological polar surface area (TPSA) is 9.23 Å². The first-order valence-corrected chi connectivity index (χ1v) is 10.8. The lowest BCUT2D eigenvalue weighted by Crippen LogP contribution is -1.97. The molecule has 0 saturated heterocycles. The van der Waals surface area contributed by atoms with E-state index >= 15 is 0 Å². The van der Waals surface area contributed by atoms with Crippen molar-refractivity contribution in [3.8, 4) is 16.9 Å². The van der Waals surface area contributed by atoms with Crippen LogP contribution >= 0.6 is 0 Å². The van der Waals surface area contributed by atoms with E-state index in [1.807, 2.05) is 36.4 Å². The highest BCUT2D eigenvalue weighted by Gasteiger charge is 2.10. The molecule has 0 aromatic heterocycles. The van der Waals surface area contributed by atoms with E-state index in [0.29, 0.717) is 5.56 Å². The molecule has 0 saturated carbocycles. The molecule has 0 N–H and O–H groups in total. The van der Waals surface area contributed by atoms with Gasteiger partial charge in [-0.3, -0.25) is 0 Å². The second-order valence-corrected chi connectivity index (χ2v) is 7.65. The predicted molar refractivity (Wildman–Crippen MR) is 117 cm³/mol. The zero-order valence-electron chi connectivity index (χ0n) is 17.2. The van der Waals surface area contributed by atoms with E-state index in [1.54, 1.807) is 6.07 Å². The Morgan fingerprint density at radius 2 is 1.41 bits per heavy atom. The number of benzene rings is 3. The molecule has 0 heterocycles. The van der Waals surface area contributed by atoms with Gasteiger partial charge in [-0.15, -0.1) is 0 Å². The molecule has 29 heavy (non-hydrogen) atoms.